The average molecular weight is 243 g/mol. The standard InChI is InChI=1S/C10H7ClOS2/c1-6-2-4-13-9(6)8(12)7-3-5-14-10(7)11/h2-5H,1H3. The van der Waals surface area contributed by atoms with E-state index in [9.17, 15) is 4.79 Å². The zero-order valence-electron chi connectivity index (χ0n) is 7.41. The molecule has 2 heterocycles. The van der Waals surface area contributed by atoms with Gasteiger partial charge in [-0.1, -0.05) is 11.6 Å². The molecule has 2 rings (SSSR count). The third-order valence-electron chi connectivity index (χ3n) is 1.93. The third-order valence-corrected chi connectivity index (χ3v) is 4.12. The summed E-state index contributed by atoms with van der Waals surface area (Å²) in [6.07, 6.45) is 0. The van der Waals surface area contributed by atoms with Crippen molar-refractivity contribution >= 4 is 40.1 Å². The lowest BCUT2D eigenvalue weighted by Crippen LogP contribution is -1.98. The Bertz CT molecular complexity index is 428. The molecule has 4 heteroatoms. The van der Waals surface area contributed by atoms with Gasteiger partial charge in [-0.25, -0.2) is 0 Å². The maximum atomic E-state index is 11.9. The molecule has 2 aromatic rings. The maximum absolute atomic E-state index is 11.9. The van der Waals surface area contributed by atoms with E-state index in [0.29, 0.717) is 9.90 Å². The molecule has 72 valence electrons. The molecule has 0 amide bonds. The molecule has 0 atom stereocenters. The molecule has 2 aromatic heterocycles. The van der Waals surface area contributed by atoms with E-state index < -0.39 is 0 Å². The van der Waals surface area contributed by atoms with E-state index in [4.69, 9.17) is 11.6 Å². The van der Waals surface area contributed by atoms with Crippen LogP contribution in [0.15, 0.2) is 22.9 Å². The van der Waals surface area contributed by atoms with Crippen LogP contribution in [0.4, 0.5) is 0 Å². The lowest BCUT2D eigenvalue weighted by atomic mass is 10.1. The van der Waals surface area contributed by atoms with E-state index in [1.165, 1.54) is 22.7 Å². The molecule has 0 unspecified atom stereocenters. The van der Waals surface area contributed by atoms with Crippen molar-refractivity contribution in [2.45, 2.75) is 6.92 Å². The van der Waals surface area contributed by atoms with E-state index >= 15 is 0 Å². The van der Waals surface area contributed by atoms with Gasteiger partial charge < -0.3 is 0 Å². The van der Waals surface area contributed by atoms with E-state index in [0.717, 1.165) is 10.4 Å². The van der Waals surface area contributed by atoms with Gasteiger partial charge in [0, 0.05) is 0 Å². The van der Waals surface area contributed by atoms with E-state index in [-0.39, 0.29) is 5.78 Å². The molecular formula is C10H7ClOS2. The normalized spacial score (nSPS) is 10.4. The number of halogens is 1. The molecule has 0 aromatic carbocycles. The van der Waals surface area contributed by atoms with Crippen molar-refractivity contribution in [3.63, 3.8) is 0 Å². The first-order valence-electron chi connectivity index (χ1n) is 4.02. The van der Waals surface area contributed by atoms with Crippen LogP contribution in [0.25, 0.3) is 0 Å². The lowest BCUT2D eigenvalue weighted by molar-refractivity contribution is 0.104. The highest BCUT2D eigenvalue weighted by Gasteiger charge is 2.16. The molecule has 0 N–H and O–H groups in total. The molecule has 0 bridgehead atoms. The molecule has 0 aliphatic heterocycles. The van der Waals surface area contributed by atoms with Crippen molar-refractivity contribution in [1.82, 2.24) is 0 Å². The van der Waals surface area contributed by atoms with Gasteiger partial charge in [0.15, 0.2) is 0 Å². The number of carbonyl (C=O) groups is 1. The largest absolute Gasteiger partial charge is 0.288 e. The molecule has 0 spiro atoms. The molecule has 0 radical (unpaired) electrons. The summed E-state index contributed by atoms with van der Waals surface area (Å²) >= 11 is 8.75. The van der Waals surface area contributed by atoms with Gasteiger partial charge in [0.25, 0.3) is 0 Å². The van der Waals surface area contributed by atoms with Crippen LogP contribution in [0.3, 0.4) is 0 Å². The summed E-state index contributed by atoms with van der Waals surface area (Å²) in [5.41, 5.74) is 1.63. The molecule has 14 heavy (non-hydrogen) atoms. The second-order valence-corrected chi connectivity index (χ2v) is 5.30. The predicted octanol–water partition coefficient (Wildman–Crippen LogP) is 4.00. The third kappa shape index (κ3) is 1.63. The second kappa shape index (κ2) is 3.85. The number of rotatable bonds is 2. The van der Waals surface area contributed by atoms with Crippen LogP contribution >= 0.6 is 34.3 Å². The fourth-order valence-corrected chi connectivity index (χ4v) is 2.98. The topological polar surface area (TPSA) is 17.1 Å². The van der Waals surface area contributed by atoms with Gasteiger partial charge in [-0.3, -0.25) is 4.79 Å². The first-order chi connectivity index (χ1) is 6.70. The van der Waals surface area contributed by atoms with Gasteiger partial charge >= 0.3 is 0 Å². The maximum Gasteiger partial charge on any atom is 0.205 e. The average Bonchev–Trinajstić information content (AvgIpc) is 2.73. The van der Waals surface area contributed by atoms with Gasteiger partial charge in [-0.15, -0.1) is 22.7 Å². The van der Waals surface area contributed by atoms with Crippen LogP contribution in [-0.2, 0) is 0 Å². The summed E-state index contributed by atoms with van der Waals surface area (Å²) in [5.74, 6) is 0.0313. The number of hydrogen-bond acceptors (Lipinski definition) is 3. The molecule has 0 fully saturated rings. The molecule has 0 aliphatic carbocycles. The van der Waals surface area contributed by atoms with Crippen LogP contribution in [0, 0.1) is 6.92 Å². The minimum absolute atomic E-state index is 0.0313. The Morgan fingerprint density at radius 3 is 2.50 bits per heavy atom. The summed E-state index contributed by atoms with van der Waals surface area (Å²) in [6.45, 7) is 1.93. The van der Waals surface area contributed by atoms with Crippen molar-refractivity contribution in [2.75, 3.05) is 0 Å². The zero-order chi connectivity index (χ0) is 10.1. The van der Waals surface area contributed by atoms with Crippen LogP contribution in [-0.4, -0.2) is 5.78 Å². The lowest BCUT2D eigenvalue weighted by Gasteiger charge is -1.96. The first-order valence-corrected chi connectivity index (χ1v) is 6.15. The first kappa shape index (κ1) is 9.90. The fourth-order valence-electron chi connectivity index (χ4n) is 1.18. The van der Waals surface area contributed by atoms with Gasteiger partial charge in [0.2, 0.25) is 5.78 Å². The smallest absolute Gasteiger partial charge is 0.205 e. The SMILES string of the molecule is Cc1ccsc1C(=O)c1ccsc1Cl. The predicted molar refractivity (Wildman–Crippen MR) is 61.8 cm³/mol. The van der Waals surface area contributed by atoms with Crippen molar-refractivity contribution in [1.29, 1.82) is 0 Å². The number of hydrogen-bond donors (Lipinski definition) is 0. The van der Waals surface area contributed by atoms with Crippen molar-refractivity contribution in [3.8, 4) is 0 Å². The summed E-state index contributed by atoms with van der Waals surface area (Å²) in [7, 11) is 0. The van der Waals surface area contributed by atoms with Gasteiger partial charge in [-0.2, -0.15) is 0 Å². The van der Waals surface area contributed by atoms with Crippen LogP contribution in [0.5, 0.6) is 0 Å². The minimum Gasteiger partial charge on any atom is -0.288 e. The Morgan fingerprint density at radius 1 is 1.29 bits per heavy atom. The highest BCUT2D eigenvalue weighted by molar-refractivity contribution is 7.15. The molecular weight excluding hydrogens is 236 g/mol. The highest BCUT2D eigenvalue weighted by atomic mass is 35.5. The van der Waals surface area contributed by atoms with Crippen molar-refractivity contribution in [2.24, 2.45) is 0 Å². The molecule has 1 nitrogen and oxygen atoms in total. The molecule has 0 saturated heterocycles. The Balaban J connectivity index is 2.44. The van der Waals surface area contributed by atoms with Gasteiger partial charge in [0.05, 0.1) is 10.4 Å². The number of aryl methyl sites for hydroxylation is 1. The Kier molecular flexibility index (Phi) is 2.72. The van der Waals surface area contributed by atoms with Gasteiger partial charge in [-0.05, 0) is 35.4 Å². The Hall–Kier alpha value is -0.640. The van der Waals surface area contributed by atoms with Crippen LogP contribution in [0.1, 0.15) is 20.8 Å². The zero-order valence-corrected chi connectivity index (χ0v) is 9.80. The minimum atomic E-state index is 0.0313. The fraction of sp³-hybridized carbons (Fsp3) is 0.100. The van der Waals surface area contributed by atoms with Crippen molar-refractivity contribution in [3.05, 3.63) is 43.2 Å². The van der Waals surface area contributed by atoms with Crippen LogP contribution < -0.4 is 0 Å². The van der Waals surface area contributed by atoms with E-state index in [1.807, 2.05) is 23.8 Å². The molecule has 0 saturated carbocycles. The summed E-state index contributed by atoms with van der Waals surface area (Å²) in [6, 6.07) is 3.71. The quantitative estimate of drug-likeness (QED) is 0.728. The number of thiophene rings is 2. The molecule has 0 aliphatic rings. The van der Waals surface area contributed by atoms with E-state index in [2.05, 4.69) is 0 Å². The summed E-state index contributed by atoms with van der Waals surface area (Å²) in [4.78, 5) is 12.7. The summed E-state index contributed by atoms with van der Waals surface area (Å²) < 4.78 is 0.572. The number of ketones is 1. The Labute approximate surface area is 95.0 Å². The number of carbonyl (C=O) groups excluding carboxylic acids is 1. The highest BCUT2D eigenvalue weighted by Crippen LogP contribution is 2.28. The summed E-state index contributed by atoms with van der Waals surface area (Å²) in [5, 5.41) is 3.75. The second-order valence-electron chi connectivity index (χ2n) is 2.87. The van der Waals surface area contributed by atoms with Crippen molar-refractivity contribution < 1.29 is 4.79 Å². The monoisotopic (exact) mass is 242 g/mol. The Morgan fingerprint density at radius 2 is 2.00 bits per heavy atom. The van der Waals surface area contributed by atoms with Crippen LogP contribution in [0.2, 0.25) is 4.34 Å². The van der Waals surface area contributed by atoms with E-state index in [1.54, 1.807) is 6.07 Å². The van der Waals surface area contributed by atoms with Gasteiger partial charge in [0.1, 0.15) is 4.34 Å².